The highest BCUT2D eigenvalue weighted by Crippen LogP contribution is 2.34. The summed E-state index contributed by atoms with van der Waals surface area (Å²) in [6, 6.07) is 14.3. The Kier molecular flexibility index (Phi) is 5.51. The molecule has 26 heavy (non-hydrogen) atoms. The molecule has 0 aliphatic carbocycles. The van der Waals surface area contributed by atoms with Crippen LogP contribution in [0, 0.1) is 0 Å². The van der Waals surface area contributed by atoms with Crippen LogP contribution in [0.25, 0.3) is 10.1 Å². The topological polar surface area (TPSA) is 70.2 Å². The molecule has 3 aromatic rings. The normalized spacial score (nSPS) is 10.4. The monoisotopic (exact) mass is 403 g/mol. The minimum Gasteiger partial charge on any atom is -0.355 e. The van der Waals surface area contributed by atoms with Crippen LogP contribution in [0.15, 0.2) is 48.5 Å². The molecule has 1 aromatic heterocycles. The third-order valence-electron chi connectivity index (χ3n) is 3.58. The quantitative estimate of drug-likeness (QED) is 0.577. The predicted molar refractivity (Wildman–Crippen MR) is 110 cm³/mol. The fourth-order valence-corrected chi connectivity index (χ4v) is 3.99. The summed E-state index contributed by atoms with van der Waals surface area (Å²) in [6.07, 6.45) is 0. The van der Waals surface area contributed by atoms with E-state index < -0.39 is 0 Å². The number of anilines is 1. The molecule has 1 heterocycles. The molecule has 0 unspecified atom stereocenters. The van der Waals surface area contributed by atoms with Gasteiger partial charge in [0.2, 0.25) is 0 Å². The van der Waals surface area contributed by atoms with Crippen molar-refractivity contribution < 1.29 is 9.59 Å². The third-order valence-corrected chi connectivity index (χ3v) is 5.46. The van der Waals surface area contributed by atoms with Gasteiger partial charge in [-0.1, -0.05) is 35.9 Å². The SMILES string of the molecule is CNC(=O)c1cccc(NC(=S)NC(=O)c2sc3ccccc3c2Cl)c1. The number of fused-ring (bicyclic) bond motifs is 1. The number of thiophene rings is 1. The van der Waals surface area contributed by atoms with E-state index in [1.165, 1.54) is 11.3 Å². The summed E-state index contributed by atoms with van der Waals surface area (Å²) in [5, 5.41) is 9.43. The number of amides is 2. The first-order valence-corrected chi connectivity index (χ1v) is 9.21. The molecule has 0 bridgehead atoms. The van der Waals surface area contributed by atoms with Gasteiger partial charge in [-0.15, -0.1) is 11.3 Å². The first kappa shape index (κ1) is 18.3. The Morgan fingerprint density at radius 1 is 1.08 bits per heavy atom. The molecule has 3 rings (SSSR count). The van der Waals surface area contributed by atoms with Crippen LogP contribution in [0.3, 0.4) is 0 Å². The van der Waals surface area contributed by atoms with Crippen molar-refractivity contribution in [2.24, 2.45) is 0 Å². The van der Waals surface area contributed by atoms with Crippen LogP contribution in [-0.4, -0.2) is 24.0 Å². The Labute approximate surface area is 164 Å². The second-order valence-corrected chi connectivity index (χ2v) is 7.15. The van der Waals surface area contributed by atoms with E-state index in [1.807, 2.05) is 24.3 Å². The summed E-state index contributed by atoms with van der Waals surface area (Å²) in [5.74, 6) is -0.586. The lowest BCUT2D eigenvalue weighted by Crippen LogP contribution is -2.33. The molecular formula is C18H14ClN3O2S2. The lowest BCUT2D eigenvalue weighted by molar-refractivity contribution is 0.0960. The number of carbonyl (C=O) groups is 2. The molecule has 2 amide bonds. The van der Waals surface area contributed by atoms with Crippen molar-refractivity contribution >= 4 is 67.9 Å². The summed E-state index contributed by atoms with van der Waals surface area (Å²) in [4.78, 5) is 24.6. The largest absolute Gasteiger partial charge is 0.355 e. The molecular weight excluding hydrogens is 390 g/mol. The van der Waals surface area contributed by atoms with Crippen molar-refractivity contribution in [2.45, 2.75) is 0 Å². The zero-order valence-electron chi connectivity index (χ0n) is 13.6. The van der Waals surface area contributed by atoms with Gasteiger partial charge in [0.05, 0.1) is 5.02 Å². The molecule has 0 saturated heterocycles. The Morgan fingerprint density at radius 3 is 2.58 bits per heavy atom. The summed E-state index contributed by atoms with van der Waals surface area (Å²) in [6.45, 7) is 0. The van der Waals surface area contributed by atoms with Crippen LogP contribution in [0.5, 0.6) is 0 Å². The molecule has 0 radical (unpaired) electrons. The maximum absolute atomic E-state index is 12.5. The zero-order chi connectivity index (χ0) is 18.7. The Bertz CT molecular complexity index is 1020. The summed E-state index contributed by atoms with van der Waals surface area (Å²) in [5.41, 5.74) is 1.08. The summed E-state index contributed by atoms with van der Waals surface area (Å²) < 4.78 is 0.930. The summed E-state index contributed by atoms with van der Waals surface area (Å²) in [7, 11) is 1.56. The van der Waals surface area contributed by atoms with Crippen molar-refractivity contribution in [2.75, 3.05) is 12.4 Å². The van der Waals surface area contributed by atoms with E-state index in [1.54, 1.807) is 31.3 Å². The maximum atomic E-state index is 12.5. The van der Waals surface area contributed by atoms with Crippen molar-refractivity contribution in [1.29, 1.82) is 0 Å². The Hall–Kier alpha value is -2.48. The van der Waals surface area contributed by atoms with Crippen LogP contribution in [0.4, 0.5) is 5.69 Å². The lowest BCUT2D eigenvalue weighted by atomic mass is 10.2. The van der Waals surface area contributed by atoms with Crippen LogP contribution in [0.2, 0.25) is 5.02 Å². The van der Waals surface area contributed by atoms with Crippen LogP contribution < -0.4 is 16.0 Å². The van der Waals surface area contributed by atoms with Crippen LogP contribution in [0.1, 0.15) is 20.0 Å². The van der Waals surface area contributed by atoms with Crippen molar-refractivity contribution in [3.05, 3.63) is 64.0 Å². The first-order chi connectivity index (χ1) is 12.5. The molecule has 3 N–H and O–H groups in total. The predicted octanol–water partition coefficient (Wildman–Crippen LogP) is 4.04. The molecule has 0 aliphatic rings. The lowest BCUT2D eigenvalue weighted by Gasteiger charge is -2.10. The smallest absolute Gasteiger partial charge is 0.269 e. The van der Waals surface area contributed by atoms with E-state index in [0.717, 1.165) is 10.1 Å². The molecule has 0 saturated carbocycles. The number of halogens is 1. The number of nitrogens with one attached hydrogen (secondary N) is 3. The second kappa shape index (κ2) is 7.82. The van der Waals surface area contributed by atoms with Crippen molar-refractivity contribution in [3.63, 3.8) is 0 Å². The van der Waals surface area contributed by atoms with Gasteiger partial charge >= 0.3 is 0 Å². The molecule has 0 atom stereocenters. The van der Waals surface area contributed by atoms with Gasteiger partial charge in [0.1, 0.15) is 4.88 Å². The standard InChI is InChI=1S/C18H14ClN3O2S2/c1-20-16(23)10-5-4-6-11(9-10)21-18(25)22-17(24)15-14(19)12-7-2-3-8-13(12)26-15/h2-9H,1H3,(H,20,23)(H2,21,22,24,25). The van der Waals surface area contributed by atoms with Crippen molar-refractivity contribution in [3.8, 4) is 0 Å². The second-order valence-electron chi connectivity index (χ2n) is 5.31. The highest BCUT2D eigenvalue weighted by molar-refractivity contribution is 7.80. The van der Waals surface area contributed by atoms with Gasteiger partial charge in [0.15, 0.2) is 5.11 Å². The average molecular weight is 404 g/mol. The molecule has 5 nitrogen and oxygen atoms in total. The Balaban J connectivity index is 1.72. The minimum absolute atomic E-state index is 0.123. The van der Waals surface area contributed by atoms with Gasteiger partial charge in [0.25, 0.3) is 11.8 Å². The number of hydrogen-bond donors (Lipinski definition) is 3. The fraction of sp³-hybridized carbons (Fsp3) is 0.0556. The van der Waals surface area contributed by atoms with E-state index in [9.17, 15) is 9.59 Å². The number of rotatable bonds is 3. The number of thiocarbonyl (C=S) groups is 1. The zero-order valence-corrected chi connectivity index (χ0v) is 16.0. The van der Waals surface area contributed by atoms with E-state index in [2.05, 4.69) is 16.0 Å². The molecule has 8 heteroatoms. The van der Waals surface area contributed by atoms with Gasteiger partial charge in [-0.25, -0.2) is 0 Å². The highest BCUT2D eigenvalue weighted by Gasteiger charge is 2.18. The number of carbonyl (C=O) groups excluding carboxylic acids is 2. The van der Waals surface area contributed by atoms with Gasteiger partial charge in [-0.05, 0) is 36.5 Å². The van der Waals surface area contributed by atoms with Crippen LogP contribution >= 0.6 is 35.2 Å². The van der Waals surface area contributed by atoms with E-state index in [-0.39, 0.29) is 16.9 Å². The van der Waals surface area contributed by atoms with E-state index in [4.69, 9.17) is 23.8 Å². The number of benzene rings is 2. The number of hydrogen-bond acceptors (Lipinski definition) is 4. The highest BCUT2D eigenvalue weighted by atomic mass is 35.5. The van der Waals surface area contributed by atoms with Gasteiger partial charge < -0.3 is 10.6 Å². The van der Waals surface area contributed by atoms with Gasteiger partial charge in [-0.2, -0.15) is 0 Å². The minimum atomic E-state index is -0.379. The molecule has 0 fully saturated rings. The fourth-order valence-electron chi connectivity index (χ4n) is 2.36. The molecule has 0 aliphatic heterocycles. The molecule has 2 aromatic carbocycles. The maximum Gasteiger partial charge on any atom is 0.269 e. The Morgan fingerprint density at radius 2 is 1.85 bits per heavy atom. The van der Waals surface area contributed by atoms with Crippen LogP contribution in [-0.2, 0) is 0 Å². The van der Waals surface area contributed by atoms with E-state index >= 15 is 0 Å². The first-order valence-electron chi connectivity index (χ1n) is 7.61. The van der Waals surface area contributed by atoms with E-state index in [0.29, 0.717) is 21.2 Å². The molecule has 0 spiro atoms. The third kappa shape index (κ3) is 3.85. The van der Waals surface area contributed by atoms with Gasteiger partial charge in [0, 0.05) is 28.4 Å². The molecule has 132 valence electrons. The van der Waals surface area contributed by atoms with Crippen molar-refractivity contribution in [1.82, 2.24) is 10.6 Å². The average Bonchev–Trinajstić information content (AvgIpc) is 2.98. The summed E-state index contributed by atoms with van der Waals surface area (Å²) >= 11 is 12.8. The van der Waals surface area contributed by atoms with Gasteiger partial charge in [-0.3, -0.25) is 14.9 Å².